The highest BCUT2D eigenvalue weighted by molar-refractivity contribution is 5.01. The van der Waals surface area contributed by atoms with Crippen molar-refractivity contribution in [2.45, 2.75) is 77.5 Å². The van der Waals surface area contributed by atoms with Crippen LogP contribution in [0, 0.1) is 0 Å². The Hall–Kier alpha value is -0.940. The van der Waals surface area contributed by atoms with Crippen LogP contribution in [0.5, 0.6) is 0 Å². The third-order valence-electron chi connectivity index (χ3n) is 4.60. The predicted molar refractivity (Wildman–Crippen MR) is 84.3 cm³/mol. The summed E-state index contributed by atoms with van der Waals surface area (Å²) in [6.45, 7) is 8.99. The fraction of sp³-hybridized carbons (Fsp3) is 0.875. The Kier molecular flexibility index (Phi) is 6.18. The van der Waals surface area contributed by atoms with Gasteiger partial charge in [0, 0.05) is 25.6 Å². The van der Waals surface area contributed by atoms with Gasteiger partial charge in [-0.3, -0.25) is 4.68 Å². The van der Waals surface area contributed by atoms with Gasteiger partial charge in [-0.1, -0.05) is 26.2 Å². The summed E-state index contributed by atoms with van der Waals surface area (Å²) >= 11 is 0. The predicted octanol–water partition coefficient (Wildman–Crippen LogP) is 2.56. The molecule has 21 heavy (non-hydrogen) atoms. The highest BCUT2D eigenvalue weighted by Crippen LogP contribution is 2.35. The molecule has 5 heteroatoms. The molecule has 0 radical (unpaired) electrons. The lowest BCUT2D eigenvalue weighted by Crippen LogP contribution is -2.55. The molecule has 1 saturated carbocycles. The van der Waals surface area contributed by atoms with Gasteiger partial charge >= 0.3 is 0 Å². The molecule has 1 fully saturated rings. The number of rotatable bonds is 8. The van der Waals surface area contributed by atoms with E-state index in [1.807, 2.05) is 4.68 Å². The molecule has 1 aromatic heterocycles. The lowest BCUT2D eigenvalue weighted by molar-refractivity contribution is -0.0899. The van der Waals surface area contributed by atoms with Gasteiger partial charge in [-0.15, -0.1) is 0 Å². The minimum absolute atomic E-state index is 0.0342. The minimum Gasteiger partial charge on any atom is -0.374 e. The maximum Gasteiger partial charge on any atom is 0.138 e. The molecular formula is C16H30N4O. The van der Waals surface area contributed by atoms with Crippen LogP contribution in [0.2, 0.25) is 0 Å². The van der Waals surface area contributed by atoms with Crippen LogP contribution in [0.3, 0.4) is 0 Å². The van der Waals surface area contributed by atoms with Crippen LogP contribution in [0.15, 0.2) is 6.33 Å². The average Bonchev–Trinajstić information content (AvgIpc) is 2.95. The van der Waals surface area contributed by atoms with E-state index in [9.17, 15) is 0 Å². The van der Waals surface area contributed by atoms with Crippen LogP contribution < -0.4 is 5.32 Å². The first-order chi connectivity index (χ1) is 10.3. The second kappa shape index (κ2) is 7.90. The molecule has 1 unspecified atom stereocenters. The summed E-state index contributed by atoms with van der Waals surface area (Å²) < 4.78 is 8.28. The highest BCUT2D eigenvalue weighted by atomic mass is 16.5. The van der Waals surface area contributed by atoms with Gasteiger partial charge in [-0.25, -0.2) is 4.98 Å². The number of aromatic nitrogens is 3. The Morgan fingerprint density at radius 2 is 2.05 bits per heavy atom. The van der Waals surface area contributed by atoms with Gasteiger partial charge in [-0.2, -0.15) is 5.10 Å². The van der Waals surface area contributed by atoms with Crippen molar-refractivity contribution in [3.8, 4) is 0 Å². The lowest BCUT2D eigenvalue weighted by Gasteiger charge is -2.43. The summed E-state index contributed by atoms with van der Waals surface area (Å²) in [5.74, 6) is 1.06. The molecule has 1 N–H and O–H groups in total. The molecule has 5 nitrogen and oxygen atoms in total. The van der Waals surface area contributed by atoms with E-state index in [0.717, 1.165) is 44.8 Å². The van der Waals surface area contributed by atoms with Gasteiger partial charge in [0.15, 0.2) is 0 Å². The van der Waals surface area contributed by atoms with E-state index >= 15 is 0 Å². The van der Waals surface area contributed by atoms with Crippen LogP contribution in [-0.4, -0.2) is 39.6 Å². The zero-order valence-corrected chi connectivity index (χ0v) is 13.8. The maximum atomic E-state index is 6.29. The van der Waals surface area contributed by atoms with Gasteiger partial charge in [0.25, 0.3) is 0 Å². The molecule has 120 valence electrons. The van der Waals surface area contributed by atoms with Crippen molar-refractivity contribution in [3.63, 3.8) is 0 Å². The molecule has 0 aromatic carbocycles. The summed E-state index contributed by atoms with van der Waals surface area (Å²) in [5.41, 5.74) is -0.0342. The van der Waals surface area contributed by atoms with Crippen molar-refractivity contribution in [2.75, 3.05) is 13.2 Å². The Bertz CT molecular complexity index is 407. The first-order valence-corrected chi connectivity index (χ1v) is 8.49. The monoisotopic (exact) mass is 294 g/mol. The highest BCUT2D eigenvalue weighted by Gasteiger charge is 2.40. The van der Waals surface area contributed by atoms with Crippen molar-refractivity contribution in [3.05, 3.63) is 12.2 Å². The van der Waals surface area contributed by atoms with E-state index in [0.29, 0.717) is 6.04 Å². The second-order valence-electron chi connectivity index (χ2n) is 5.86. The molecule has 2 rings (SSSR count). The number of likely N-dealkylation sites (N-methyl/N-ethyl adjacent to an activating group) is 1. The summed E-state index contributed by atoms with van der Waals surface area (Å²) in [6, 6.07) is 0.317. The quantitative estimate of drug-likeness (QED) is 0.800. The largest absolute Gasteiger partial charge is 0.374 e. The molecule has 0 spiro atoms. The van der Waals surface area contributed by atoms with Crippen molar-refractivity contribution in [1.29, 1.82) is 0 Å². The summed E-state index contributed by atoms with van der Waals surface area (Å²) in [5, 5.41) is 7.96. The Labute approximate surface area is 128 Å². The second-order valence-corrected chi connectivity index (χ2v) is 5.86. The van der Waals surface area contributed by atoms with E-state index in [1.165, 1.54) is 19.3 Å². The number of nitrogens with zero attached hydrogens (tertiary/aromatic N) is 3. The summed E-state index contributed by atoms with van der Waals surface area (Å²) in [4.78, 5) is 4.45. The zero-order valence-electron chi connectivity index (χ0n) is 13.8. The minimum atomic E-state index is -0.0342. The van der Waals surface area contributed by atoms with Crippen LogP contribution in [-0.2, 0) is 17.7 Å². The van der Waals surface area contributed by atoms with Crippen molar-refractivity contribution in [2.24, 2.45) is 0 Å². The van der Waals surface area contributed by atoms with Gasteiger partial charge in [-0.05, 0) is 33.2 Å². The summed E-state index contributed by atoms with van der Waals surface area (Å²) in [7, 11) is 0. The van der Waals surface area contributed by atoms with Gasteiger partial charge in [0.05, 0.1) is 5.60 Å². The van der Waals surface area contributed by atoms with E-state index in [-0.39, 0.29) is 5.60 Å². The van der Waals surface area contributed by atoms with Crippen LogP contribution in [0.4, 0.5) is 0 Å². The van der Waals surface area contributed by atoms with Gasteiger partial charge < -0.3 is 10.1 Å². The number of hydrogen-bond donors (Lipinski definition) is 1. The Balaban J connectivity index is 2.18. The van der Waals surface area contributed by atoms with Crippen molar-refractivity contribution in [1.82, 2.24) is 20.1 Å². The molecule has 1 aromatic rings. The average molecular weight is 294 g/mol. The number of ether oxygens (including phenoxy) is 1. The van der Waals surface area contributed by atoms with Gasteiger partial charge in [0.2, 0.25) is 0 Å². The Morgan fingerprint density at radius 1 is 1.29 bits per heavy atom. The topological polar surface area (TPSA) is 52.0 Å². The molecular weight excluding hydrogens is 264 g/mol. The molecule has 0 amide bonds. The normalized spacial score (nSPS) is 19.6. The van der Waals surface area contributed by atoms with E-state index in [2.05, 4.69) is 36.2 Å². The molecule has 1 aliphatic rings. The van der Waals surface area contributed by atoms with Crippen LogP contribution in [0.1, 0.15) is 58.7 Å². The van der Waals surface area contributed by atoms with Crippen LogP contribution in [0.25, 0.3) is 0 Å². The lowest BCUT2D eigenvalue weighted by atomic mass is 9.77. The van der Waals surface area contributed by atoms with E-state index < -0.39 is 0 Å². The third kappa shape index (κ3) is 3.83. The van der Waals surface area contributed by atoms with E-state index in [1.54, 1.807) is 6.33 Å². The molecule has 0 bridgehead atoms. The molecule has 0 aliphatic heterocycles. The summed E-state index contributed by atoms with van der Waals surface area (Å²) in [6.07, 6.45) is 8.72. The first-order valence-electron chi connectivity index (χ1n) is 8.49. The number of hydrogen-bond acceptors (Lipinski definition) is 4. The SMILES string of the molecule is CCNC(Cc1ncnn1CC)C1(OCC)CCCCC1. The van der Waals surface area contributed by atoms with Crippen molar-refractivity contribution < 1.29 is 4.74 Å². The fourth-order valence-electron chi connectivity index (χ4n) is 3.61. The molecule has 1 atom stereocenters. The standard InChI is InChI=1S/C16H30N4O/c1-4-17-14(12-15-18-13-19-20(15)5-2)16(21-6-3)10-8-7-9-11-16/h13-14,17H,4-12H2,1-3H3. The molecule has 0 saturated heterocycles. The van der Waals surface area contributed by atoms with Crippen LogP contribution >= 0.6 is 0 Å². The van der Waals surface area contributed by atoms with E-state index in [4.69, 9.17) is 4.74 Å². The smallest absolute Gasteiger partial charge is 0.138 e. The first kappa shape index (κ1) is 16.4. The molecule has 1 heterocycles. The third-order valence-corrected chi connectivity index (χ3v) is 4.60. The molecule has 1 aliphatic carbocycles. The van der Waals surface area contributed by atoms with Gasteiger partial charge in [0.1, 0.15) is 12.2 Å². The Morgan fingerprint density at radius 3 is 2.67 bits per heavy atom. The zero-order chi connectivity index (χ0) is 15.1. The maximum absolute atomic E-state index is 6.29. The number of aryl methyl sites for hydroxylation is 1. The number of nitrogens with one attached hydrogen (secondary N) is 1. The fourth-order valence-corrected chi connectivity index (χ4v) is 3.61. The van der Waals surface area contributed by atoms with Crippen molar-refractivity contribution >= 4 is 0 Å².